The Kier molecular flexibility index (Phi) is 73.4. The summed E-state index contributed by atoms with van der Waals surface area (Å²) < 4.78 is 104. The van der Waals surface area contributed by atoms with Crippen LogP contribution in [0.4, 0.5) is 4.79 Å². The van der Waals surface area contributed by atoms with Gasteiger partial charge < -0.3 is 81.3 Å². The third-order valence-corrected chi connectivity index (χ3v) is 15.3. The molecular formula is C67H132NO22P. The van der Waals surface area contributed by atoms with Gasteiger partial charge in [-0.25, -0.2) is 9.36 Å². The van der Waals surface area contributed by atoms with Crippen molar-refractivity contribution < 1.29 is 104 Å². The van der Waals surface area contributed by atoms with Crippen LogP contribution in [0.1, 0.15) is 219 Å². The molecule has 91 heavy (non-hydrogen) atoms. The maximum absolute atomic E-state index is 12.9. The van der Waals surface area contributed by atoms with Crippen molar-refractivity contribution in [3.8, 4) is 0 Å². The number of hydrogen-bond acceptors (Lipinski definition) is 21. The van der Waals surface area contributed by atoms with Crippen LogP contribution in [0.2, 0.25) is 0 Å². The van der Waals surface area contributed by atoms with E-state index in [0.29, 0.717) is 152 Å². The summed E-state index contributed by atoms with van der Waals surface area (Å²) in [6.45, 7) is 13.4. The molecular weight excluding hydrogens is 1200 g/mol. The monoisotopic (exact) mass is 1330 g/mol. The molecule has 0 heterocycles. The third-order valence-electron chi connectivity index (χ3n) is 14.4. The zero-order chi connectivity index (χ0) is 66.0. The molecule has 23 nitrogen and oxygen atoms in total. The molecule has 0 spiro atoms. The topological polar surface area (TPSA) is 257 Å². The van der Waals surface area contributed by atoms with Crippen LogP contribution < -0.4 is 5.32 Å². The molecule has 0 aromatic rings. The highest BCUT2D eigenvalue weighted by Gasteiger charge is 2.26. The van der Waals surface area contributed by atoms with Crippen LogP contribution >= 0.6 is 7.82 Å². The van der Waals surface area contributed by atoms with E-state index in [9.17, 15) is 23.8 Å². The fourth-order valence-electron chi connectivity index (χ4n) is 9.12. The lowest BCUT2D eigenvalue weighted by atomic mass is 10.0. The molecule has 0 aromatic carbocycles. The van der Waals surface area contributed by atoms with Crippen LogP contribution in [0.15, 0.2) is 0 Å². The minimum atomic E-state index is -4.65. The van der Waals surface area contributed by atoms with E-state index in [1.807, 2.05) is 0 Å². The number of methoxy groups -OCH3 is 1. The van der Waals surface area contributed by atoms with Crippen molar-refractivity contribution >= 4 is 25.9 Å². The van der Waals surface area contributed by atoms with Crippen molar-refractivity contribution in [1.29, 1.82) is 0 Å². The number of hydrogen-bond donors (Lipinski definition) is 2. The van der Waals surface area contributed by atoms with Crippen LogP contribution in [0.25, 0.3) is 0 Å². The number of nitrogens with one attached hydrogen (secondary N) is 1. The normalized spacial score (nSPS) is 12.6. The number of alkyl carbamates (subject to hydrolysis) is 1. The predicted molar refractivity (Wildman–Crippen MR) is 352 cm³/mol. The minimum Gasteiger partial charge on any atom is -0.462 e. The van der Waals surface area contributed by atoms with Gasteiger partial charge in [-0.2, -0.15) is 0 Å². The number of unbranched alkanes of at least 4 members (excludes halogenated alkanes) is 28. The van der Waals surface area contributed by atoms with Crippen LogP contribution in [-0.4, -0.2) is 221 Å². The summed E-state index contributed by atoms with van der Waals surface area (Å²) in [6, 6.07) is 0. The molecule has 0 rings (SSSR count). The molecule has 0 aliphatic heterocycles. The van der Waals surface area contributed by atoms with E-state index in [4.69, 9.17) is 80.1 Å². The number of ether oxygens (including phenoxy) is 15. The van der Waals surface area contributed by atoms with Gasteiger partial charge in [-0.3, -0.25) is 18.6 Å². The van der Waals surface area contributed by atoms with E-state index >= 15 is 0 Å². The van der Waals surface area contributed by atoms with Crippen LogP contribution in [0.3, 0.4) is 0 Å². The Morgan fingerprint density at radius 3 is 0.912 bits per heavy atom. The van der Waals surface area contributed by atoms with Gasteiger partial charge in [-0.05, 0) is 12.8 Å². The number of carbonyl (C=O) groups is 3. The molecule has 0 saturated heterocycles. The average Bonchev–Trinajstić information content (AvgIpc) is 3.64. The van der Waals surface area contributed by atoms with Gasteiger partial charge in [0.2, 0.25) is 0 Å². The van der Waals surface area contributed by atoms with E-state index in [2.05, 4.69) is 19.2 Å². The second-order valence-electron chi connectivity index (χ2n) is 22.6. The number of carbonyl (C=O) groups excluding carboxylic acids is 3. The first-order chi connectivity index (χ1) is 44.7. The standard InChI is InChI=1S/C67H132NO22P/c1-4-6-8-10-12-14-16-18-20-22-24-26-28-30-32-34-65(69)87-62-64(90-66(70)35-33-31-29-27-25-23-21-19-17-15-13-11-9-7-5-2)63-89-91(72,73)88-37-36-68-67(71)86-61-60-85-59-58-84-57-56-83-55-54-82-53-52-81-51-50-80-49-48-79-47-46-78-45-44-77-43-42-76-41-40-75-39-38-74-3/h64H,4-63H2,1-3H3,(H,68,71)(H,72,73)/t64-/m1/s1. The largest absolute Gasteiger partial charge is 0.472 e. The highest BCUT2D eigenvalue weighted by Crippen LogP contribution is 2.43. The van der Waals surface area contributed by atoms with Gasteiger partial charge in [0.1, 0.15) is 13.2 Å². The van der Waals surface area contributed by atoms with E-state index in [1.165, 1.54) is 141 Å². The maximum atomic E-state index is 12.9. The third kappa shape index (κ3) is 75.1. The lowest BCUT2D eigenvalue weighted by molar-refractivity contribution is -0.161. The van der Waals surface area contributed by atoms with Crippen LogP contribution in [0.5, 0.6) is 0 Å². The predicted octanol–water partition coefficient (Wildman–Crippen LogP) is 12.7. The highest BCUT2D eigenvalue weighted by molar-refractivity contribution is 7.47. The van der Waals surface area contributed by atoms with Crippen LogP contribution in [-0.2, 0) is 94.3 Å². The summed E-state index contributed by atoms with van der Waals surface area (Å²) in [5.41, 5.74) is 0. The number of amides is 1. The Balaban J connectivity index is 4.08. The number of phosphoric ester groups is 1. The summed E-state index contributed by atoms with van der Waals surface area (Å²) >= 11 is 0. The summed E-state index contributed by atoms with van der Waals surface area (Å²) in [7, 11) is -3.01. The van der Waals surface area contributed by atoms with Gasteiger partial charge in [0.05, 0.1) is 165 Å². The summed E-state index contributed by atoms with van der Waals surface area (Å²) in [4.78, 5) is 48.1. The van der Waals surface area contributed by atoms with E-state index in [-0.39, 0.29) is 52.4 Å². The molecule has 1 unspecified atom stereocenters. The Labute approximate surface area is 550 Å². The van der Waals surface area contributed by atoms with Gasteiger partial charge in [-0.1, -0.05) is 194 Å². The molecule has 0 aromatic heterocycles. The Morgan fingerprint density at radius 1 is 0.330 bits per heavy atom. The molecule has 2 N–H and O–H groups in total. The Hall–Kier alpha value is -2.16. The second-order valence-corrected chi connectivity index (χ2v) is 24.0. The van der Waals surface area contributed by atoms with Gasteiger partial charge in [-0.15, -0.1) is 0 Å². The Morgan fingerprint density at radius 2 is 0.604 bits per heavy atom. The molecule has 1 amide bonds. The highest BCUT2D eigenvalue weighted by atomic mass is 31.2. The fraction of sp³-hybridized carbons (Fsp3) is 0.955. The number of rotatable bonds is 78. The van der Waals surface area contributed by atoms with Gasteiger partial charge in [0, 0.05) is 26.5 Å². The first kappa shape index (κ1) is 88.8. The molecule has 24 heteroatoms. The molecule has 2 atom stereocenters. The van der Waals surface area contributed by atoms with Crippen molar-refractivity contribution in [3.63, 3.8) is 0 Å². The average molecular weight is 1330 g/mol. The van der Waals surface area contributed by atoms with Gasteiger partial charge >= 0.3 is 25.9 Å². The van der Waals surface area contributed by atoms with Crippen molar-refractivity contribution in [2.45, 2.75) is 225 Å². The summed E-state index contributed by atoms with van der Waals surface area (Å²) in [5.74, 6) is -0.927. The van der Waals surface area contributed by atoms with Crippen molar-refractivity contribution in [1.82, 2.24) is 5.32 Å². The maximum Gasteiger partial charge on any atom is 0.472 e. The first-order valence-corrected chi connectivity index (χ1v) is 36.9. The lowest BCUT2D eigenvalue weighted by Crippen LogP contribution is -2.30. The molecule has 0 saturated carbocycles. The first-order valence-electron chi connectivity index (χ1n) is 35.5. The SMILES string of the molecule is CCCCCCCCCCCCCCCCCC(=O)OC[C@H](COP(=O)(O)OCCNC(=O)OCCOCCOCCOCCOCCOCCOCCOCCOCCOCCOCCOCCOC)OC(=O)CCCCCCCCCCCCCCCCC. The molecule has 0 fully saturated rings. The molecule has 0 bridgehead atoms. The number of esters is 2. The molecule has 542 valence electrons. The zero-order valence-corrected chi connectivity index (χ0v) is 58.4. The zero-order valence-electron chi connectivity index (χ0n) is 57.5. The van der Waals surface area contributed by atoms with E-state index < -0.39 is 38.6 Å². The van der Waals surface area contributed by atoms with Crippen molar-refractivity contribution in [2.24, 2.45) is 0 Å². The summed E-state index contributed by atoms with van der Waals surface area (Å²) in [5, 5.41) is 2.43. The minimum absolute atomic E-state index is 0.0308. The fourth-order valence-corrected chi connectivity index (χ4v) is 9.87. The molecule has 0 aliphatic rings. The Bertz CT molecular complexity index is 1550. The summed E-state index contributed by atoms with van der Waals surface area (Å²) in [6.07, 6.45) is 35.0. The molecule has 0 radical (unpaired) electrons. The van der Waals surface area contributed by atoms with Crippen molar-refractivity contribution in [3.05, 3.63) is 0 Å². The van der Waals surface area contributed by atoms with Gasteiger partial charge in [0.15, 0.2) is 6.10 Å². The van der Waals surface area contributed by atoms with Crippen LogP contribution in [0, 0.1) is 0 Å². The van der Waals surface area contributed by atoms with E-state index in [1.54, 1.807) is 7.11 Å². The van der Waals surface area contributed by atoms with E-state index in [0.717, 1.165) is 38.5 Å². The molecule has 0 aliphatic carbocycles. The van der Waals surface area contributed by atoms with Crippen molar-refractivity contribution in [2.75, 3.05) is 192 Å². The van der Waals surface area contributed by atoms with Gasteiger partial charge in [0.25, 0.3) is 0 Å². The smallest absolute Gasteiger partial charge is 0.462 e. The quantitative estimate of drug-likeness (QED) is 0.0248. The number of phosphoric acid groups is 1. The second kappa shape index (κ2) is 75.2. The lowest BCUT2D eigenvalue weighted by Gasteiger charge is -2.20.